The third kappa shape index (κ3) is 4.27. The second-order valence-electron chi connectivity index (χ2n) is 3.12. The number of carboxylic acids is 1. The maximum absolute atomic E-state index is 11.5. The number of nitrogens with one attached hydrogen (secondary N) is 1. The van der Waals surface area contributed by atoms with Gasteiger partial charge in [-0.2, -0.15) is 0 Å². The van der Waals surface area contributed by atoms with Crippen LogP contribution in [0, 0.1) is 0 Å². The van der Waals surface area contributed by atoms with Gasteiger partial charge < -0.3 is 9.84 Å². The fraction of sp³-hybridized carbons (Fsp3) is 0.333. The topological polar surface area (TPSA) is 106 Å². The zero-order valence-electron chi connectivity index (χ0n) is 9.08. The zero-order chi connectivity index (χ0) is 12.9. The van der Waals surface area contributed by atoms with Gasteiger partial charge in [-0.3, -0.25) is 9.52 Å². The van der Waals surface area contributed by atoms with Crippen LogP contribution in [0.2, 0.25) is 0 Å². The summed E-state index contributed by atoms with van der Waals surface area (Å²) in [7, 11) is -2.35. The quantitative estimate of drug-likeness (QED) is 0.762. The molecule has 0 saturated heterocycles. The predicted octanol–water partition coefficient (Wildman–Crippen LogP) is 0.307. The van der Waals surface area contributed by atoms with Gasteiger partial charge in [0, 0.05) is 6.20 Å². The number of aromatic nitrogens is 1. The fourth-order valence-corrected chi connectivity index (χ4v) is 2.11. The van der Waals surface area contributed by atoms with Crippen LogP contribution in [0.4, 0.5) is 5.69 Å². The number of sulfonamides is 1. The molecular formula is C9H12N2O5S. The number of carboxylic acid groups (broad SMARTS) is 1. The highest BCUT2D eigenvalue weighted by molar-refractivity contribution is 7.92. The van der Waals surface area contributed by atoms with Gasteiger partial charge in [0.25, 0.3) is 0 Å². The SMILES string of the molecule is COc1ncccc1NS(=O)(=O)CCC(=O)O. The van der Waals surface area contributed by atoms with E-state index in [0.717, 1.165) is 0 Å². The highest BCUT2D eigenvalue weighted by Gasteiger charge is 2.15. The molecule has 8 heteroatoms. The molecule has 0 aliphatic rings. The Morgan fingerprint density at radius 3 is 2.88 bits per heavy atom. The minimum absolute atomic E-state index is 0.131. The molecule has 0 saturated carbocycles. The first-order valence-corrected chi connectivity index (χ1v) is 6.31. The van der Waals surface area contributed by atoms with E-state index >= 15 is 0 Å². The first kappa shape index (κ1) is 13.2. The summed E-state index contributed by atoms with van der Waals surface area (Å²) in [5, 5.41) is 8.41. The van der Waals surface area contributed by atoms with Crippen molar-refractivity contribution >= 4 is 21.7 Å². The molecular weight excluding hydrogens is 248 g/mol. The highest BCUT2D eigenvalue weighted by Crippen LogP contribution is 2.21. The summed E-state index contributed by atoms with van der Waals surface area (Å²) in [6.45, 7) is 0. The van der Waals surface area contributed by atoms with Gasteiger partial charge in [-0.15, -0.1) is 0 Å². The number of pyridine rings is 1. The summed E-state index contributed by atoms with van der Waals surface area (Å²) >= 11 is 0. The molecule has 17 heavy (non-hydrogen) atoms. The molecule has 94 valence electrons. The third-order valence-electron chi connectivity index (χ3n) is 1.81. The molecule has 0 aliphatic carbocycles. The average molecular weight is 260 g/mol. The maximum Gasteiger partial charge on any atom is 0.304 e. The molecule has 0 unspecified atom stereocenters. The molecule has 0 aliphatic heterocycles. The summed E-state index contributed by atoms with van der Waals surface area (Å²) < 4.78 is 30.1. The molecule has 0 bridgehead atoms. The van der Waals surface area contributed by atoms with Gasteiger partial charge in [-0.25, -0.2) is 13.4 Å². The van der Waals surface area contributed by atoms with E-state index in [-0.39, 0.29) is 11.6 Å². The van der Waals surface area contributed by atoms with Crippen molar-refractivity contribution in [3.63, 3.8) is 0 Å². The molecule has 1 aromatic rings. The van der Waals surface area contributed by atoms with E-state index in [9.17, 15) is 13.2 Å². The number of methoxy groups -OCH3 is 1. The summed E-state index contributed by atoms with van der Waals surface area (Å²) in [6.07, 6.45) is 0.992. The Hall–Kier alpha value is -1.83. The van der Waals surface area contributed by atoms with Crippen LogP contribution in [0.1, 0.15) is 6.42 Å². The van der Waals surface area contributed by atoms with E-state index in [4.69, 9.17) is 9.84 Å². The lowest BCUT2D eigenvalue weighted by Gasteiger charge is -2.09. The molecule has 0 radical (unpaired) electrons. The zero-order valence-corrected chi connectivity index (χ0v) is 9.90. The van der Waals surface area contributed by atoms with E-state index in [1.54, 1.807) is 0 Å². The van der Waals surface area contributed by atoms with Crippen LogP contribution < -0.4 is 9.46 Å². The van der Waals surface area contributed by atoms with Crippen LogP contribution in [-0.4, -0.2) is 37.3 Å². The van der Waals surface area contributed by atoms with Gasteiger partial charge in [0.2, 0.25) is 15.9 Å². The Kier molecular flexibility index (Phi) is 4.27. The van der Waals surface area contributed by atoms with Crippen molar-refractivity contribution in [2.45, 2.75) is 6.42 Å². The Morgan fingerprint density at radius 1 is 1.59 bits per heavy atom. The molecule has 1 heterocycles. The van der Waals surface area contributed by atoms with E-state index < -0.39 is 28.2 Å². The van der Waals surface area contributed by atoms with Crippen LogP contribution >= 0.6 is 0 Å². The number of nitrogens with zero attached hydrogens (tertiary/aromatic N) is 1. The average Bonchev–Trinajstić information content (AvgIpc) is 2.27. The van der Waals surface area contributed by atoms with Gasteiger partial charge in [0.15, 0.2) is 0 Å². The predicted molar refractivity (Wildman–Crippen MR) is 60.5 cm³/mol. The number of hydrogen-bond donors (Lipinski definition) is 2. The molecule has 0 aromatic carbocycles. The minimum Gasteiger partial charge on any atom is -0.481 e. The fourth-order valence-electron chi connectivity index (χ4n) is 1.07. The van der Waals surface area contributed by atoms with E-state index in [0.29, 0.717) is 0 Å². The van der Waals surface area contributed by atoms with Crippen LogP contribution in [0.15, 0.2) is 18.3 Å². The first-order valence-electron chi connectivity index (χ1n) is 4.66. The number of hydrogen-bond acceptors (Lipinski definition) is 5. The van der Waals surface area contributed by atoms with Gasteiger partial charge >= 0.3 is 5.97 Å². The highest BCUT2D eigenvalue weighted by atomic mass is 32.2. The number of carbonyl (C=O) groups is 1. The standard InChI is InChI=1S/C9H12N2O5S/c1-16-9-7(3-2-5-10-9)11-17(14,15)6-4-8(12)13/h2-3,5,11H,4,6H2,1H3,(H,12,13). The van der Waals surface area contributed by atoms with Gasteiger partial charge in [-0.05, 0) is 12.1 Å². The minimum atomic E-state index is -3.71. The maximum atomic E-state index is 11.5. The lowest BCUT2D eigenvalue weighted by atomic mass is 10.4. The van der Waals surface area contributed by atoms with Crippen molar-refractivity contribution in [2.24, 2.45) is 0 Å². The van der Waals surface area contributed by atoms with Crippen LogP contribution in [0.25, 0.3) is 0 Å². The third-order valence-corrected chi connectivity index (χ3v) is 3.09. The number of anilines is 1. The Morgan fingerprint density at radius 2 is 2.29 bits per heavy atom. The van der Waals surface area contributed by atoms with Crippen LogP contribution in [-0.2, 0) is 14.8 Å². The van der Waals surface area contributed by atoms with Crippen molar-refractivity contribution in [3.05, 3.63) is 18.3 Å². The summed E-state index contributed by atoms with van der Waals surface area (Å²) in [5.74, 6) is -1.54. The van der Waals surface area contributed by atoms with Crippen LogP contribution in [0.5, 0.6) is 5.88 Å². The van der Waals surface area contributed by atoms with Crippen molar-refractivity contribution in [1.29, 1.82) is 0 Å². The van der Waals surface area contributed by atoms with Gasteiger partial charge in [0.05, 0.1) is 19.3 Å². The van der Waals surface area contributed by atoms with Crippen molar-refractivity contribution in [2.75, 3.05) is 17.6 Å². The lowest BCUT2D eigenvalue weighted by molar-refractivity contribution is -0.136. The van der Waals surface area contributed by atoms with Crippen molar-refractivity contribution in [3.8, 4) is 5.88 Å². The molecule has 0 spiro atoms. The van der Waals surface area contributed by atoms with E-state index in [1.807, 2.05) is 0 Å². The Labute approximate surface area is 98.5 Å². The molecule has 2 N–H and O–H groups in total. The normalized spacial score (nSPS) is 10.9. The number of aliphatic carboxylic acids is 1. The smallest absolute Gasteiger partial charge is 0.304 e. The van der Waals surface area contributed by atoms with E-state index in [2.05, 4.69) is 9.71 Å². The molecule has 0 atom stereocenters. The largest absolute Gasteiger partial charge is 0.481 e. The van der Waals surface area contributed by atoms with E-state index in [1.165, 1.54) is 25.4 Å². The summed E-state index contributed by atoms with van der Waals surface area (Å²) in [4.78, 5) is 14.1. The molecule has 7 nitrogen and oxygen atoms in total. The molecule has 0 amide bonds. The summed E-state index contributed by atoms with van der Waals surface area (Å²) in [6, 6.07) is 3.02. The lowest BCUT2D eigenvalue weighted by Crippen LogP contribution is -2.19. The first-order chi connectivity index (χ1) is 7.94. The Bertz CT molecular complexity index is 500. The molecule has 0 fully saturated rings. The number of rotatable bonds is 6. The molecule has 1 rings (SSSR count). The second-order valence-corrected chi connectivity index (χ2v) is 4.97. The second kappa shape index (κ2) is 5.48. The summed E-state index contributed by atoms with van der Waals surface area (Å²) in [5.41, 5.74) is 0.181. The molecule has 1 aromatic heterocycles. The van der Waals surface area contributed by atoms with Crippen molar-refractivity contribution in [1.82, 2.24) is 4.98 Å². The Balaban J connectivity index is 2.79. The monoisotopic (exact) mass is 260 g/mol. The van der Waals surface area contributed by atoms with Gasteiger partial charge in [-0.1, -0.05) is 0 Å². The van der Waals surface area contributed by atoms with Crippen molar-refractivity contribution < 1.29 is 23.1 Å². The van der Waals surface area contributed by atoms with Gasteiger partial charge in [0.1, 0.15) is 5.69 Å². The number of ether oxygens (including phenoxy) is 1. The van der Waals surface area contributed by atoms with Crippen LogP contribution in [0.3, 0.4) is 0 Å².